The molecule has 3 nitrogen and oxygen atoms in total. The predicted octanol–water partition coefficient (Wildman–Crippen LogP) is 3.30. The van der Waals surface area contributed by atoms with E-state index in [0.717, 1.165) is 6.42 Å². The summed E-state index contributed by atoms with van der Waals surface area (Å²) in [6, 6.07) is 5.11. The highest BCUT2D eigenvalue weighted by molar-refractivity contribution is 9.10. The van der Waals surface area contributed by atoms with Crippen molar-refractivity contribution in [2.24, 2.45) is 0 Å². The summed E-state index contributed by atoms with van der Waals surface area (Å²) < 4.78 is 19.1. The monoisotopic (exact) mass is 300 g/mol. The molecule has 5 heteroatoms. The minimum Gasteiger partial charge on any atom is -0.383 e. The molecule has 1 unspecified atom stereocenters. The Bertz CT molecular complexity index is 431. The number of nitriles is 1. The first-order chi connectivity index (χ1) is 8.13. The van der Waals surface area contributed by atoms with E-state index in [4.69, 9.17) is 10.00 Å². The van der Waals surface area contributed by atoms with E-state index in [0.29, 0.717) is 12.3 Å². The van der Waals surface area contributed by atoms with E-state index in [-0.39, 0.29) is 16.1 Å². The lowest BCUT2D eigenvalue weighted by Gasteiger charge is -2.18. The van der Waals surface area contributed by atoms with Crippen molar-refractivity contribution < 1.29 is 9.13 Å². The third-order valence-electron chi connectivity index (χ3n) is 2.42. The third kappa shape index (κ3) is 3.42. The van der Waals surface area contributed by atoms with Gasteiger partial charge in [0.25, 0.3) is 0 Å². The van der Waals surface area contributed by atoms with Gasteiger partial charge in [-0.25, -0.2) is 4.39 Å². The zero-order valence-corrected chi connectivity index (χ0v) is 11.3. The number of benzene rings is 1. The zero-order chi connectivity index (χ0) is 12.8. The second-order valence-corrected chi connectivity index (χ2v) is 4.40. The SMILES string of the molecule is CCC(COC)Nc1ccc(C#N)c(Br)c1F. The van der Waals surface area contributed by atoms with E-state index in [9.17, 15) is 4.39 Å². The number of nitrogens with one attached hydrogen (secondary N) is 1. The quantitative estimate of drug-likeness (QED) is 0.907. The van der Waals surface area contributed by atoms with Crippen LogP contribution < -0.4 is 5.32 Å². The van der Waals surface area contributed by atoms with E-state index in [1.807, 2.05) is 13.0 Å². The predicted molar refractivity (Wildman–Crippen MR) is 68.4 cm³/mol. The molecule has 1 aromatic carbocycles. The van der Waals surface area contributed by atoms with Crippen LogP contribution in [0.15, 0.2) is 16.6 Å². The molecule has 1 N–H and O–H groups in total. The van der Waals surface area contributed by atoms with Gasteiger partial charge in [0.15, 0.2) is 5.82 Å². The van der Waals surface area contributed by atoms with Crippen LogP contribution in [0, 0.1) is 17.1 Å². The van der Waals surface area contributed by atoms with Gasteiger partial charge in [0, 0.05) is 13.2 Å². The smallest absolute Gasteiger partial charge is 0.161 e. The molecule has 0 radical (unpaired) electrons. The number of ether oxygens (including phenoxy) is 1. The summed E-state index contributed by atoms with van der Waals surface area (Å²) in [6.45, 7) is 2.50. The van der Waals surface area contributed by atoms with Crippen LogP contribution in [0.5, 0.6) is 0 Å². The highest BCUT2D eigenvalue weighted by atomic mass is 79.9. The number of rotatable bonds is 5. The Balaban J connectivity index is 2.93. The van der Waals surface area contributed by atoms with Crippen LogP contribution in [-0.2, 0) is 4.74 Å². The Hall–Kier alpha value is -1.12. The van der Waals surface area contributed by atoms with E-state index >= 15 is 0 Å². The van der Waals surface area contributed by atoms with Gasteiger partial charge in [0.2, 0.25) is 0 Å². The second-order valence-electron chi connectivity index (χ2n) is 3.61. The van der Waals surface area contributed by atoms with Crippen LogP contribution in [0.2, 0.25) is 0 Å². The van der Waals surface area contributed by atoms with Crippen molar-refractivity contribution in [2.75, 3.05) is 19.0 Å². The number of hydrogen-bond donors (Lipinski definition) is 1. The lowest BCUT2D eigenvalue weighted by Crippen LogP contribution is -2.24. The average molecular weight is 301 g/mol. The van der Waals surface area contributed by atoms with Gasteiger partial charge >= 0.3 is 0 Å². The standard InChI is InChI=1S/C12H14BrFN2O/c1-3-9(7-17-2)16-10-5-4-8(6-15)11(13)12(10)14/h4-5,9,16H,3,7H2,1-2H3. The minimum absolute atomic E-state index is 0.0503. The van der Waals surface area contributed by atoms with Crippen molar-refractivity contribution in [3.8, 4) is 6.07 Å². The molecule has 1 aromatic rings. The van der Waals surface area contributed by atoms with Crippen molar-refractivity contribution in [3.05, 3.63) is 28.0 Å². The van der Waals surface area contributed by atoms with Gasteiger partial charge in [-0.1, -0.05) is 6.92 Å². The Morgan fingerprint density at radius 2 is 2.29 bits per heavy atom. The van der Waals surface area contributed by atoms with Gasteiger partial charge in [0.05, 0.1) is 22.3 Å². The molecular weight excluding hydrogens is 287 g/mol. The number of anilines is 1. The Labute approximate surface area is 109 Å². The molecule has 0 fully saturated rings. The molecule has 0 aliphatic heterocycles. The molecule has 0 bridgehead atoms. The van der Waals surface area contributed by atoms with Crippen molar-refractivity contribution in [3.63, 3.8) is 0 Å². The molecular formula is C12H14BrFN2O. The lowest BCUT2D eigenvalue weighted by atomic mass is 10.2. The maximum atomic E-state index is 13.9. The number of hydrogen-bond acceptors (Lipinski definition) is 3. The Kier molecular flexibility index (Phi) is 5.39. The zero-order valence-electron chi connectivity index (χ0n) is 9.76. The van der Waals surface area contributed by atoms with Crippen molar-refractivity contribution in [1.29, 1.82) is 5.26 Å². The Morgan fingerprint density at radius 3 is 2.82 bits per heavy atom. The average Bonchev–Trinajstić information content (AvgIpc) is 2.34. The molecule has 17 heavy (non-hydrogen) atoms. The van der Waals surface area contributed by atoms with Crippen LogP contribution in [0.1, 0.15) is 18.9 Å². The second kappa shape index (κ2) is 6.58. The summed E-state index contributed by atoms with van der Waals surface area (Å²) in [5.74, 6) is -0.446. The van der Waals surface area contributed by atoms with Crippen LogP contribution in [0.25, 0.3) is 0 Å². The highest BCUT2D eigenvalue weighted by Gasteiger charge is 2.13. The summed E-state index contributed by atoms with van der Waals surface area (Å²) in [5.41, 5.74) is 0.660. The maximum absolute atomic E-state index is 13.9. The summed E-state index contributed by atoms with van der Waals surface area (Å²) in [7, 11) is 1.61. The van der Waals surface area contributed by atoms with E-state index < -0.39 is 5.82 Å². The molecule has 0 heterocycles. The fourth-order valence-corrected chi connectivity index (χ4v) is 1.86. The fraction of sp³-hybridized carbons (Fsp3) is 0.417. The fourth-order valence-electron chi connectivity index (χ4n) is 1.43. The van der Waals surface area contributed by atoms with Crippen LogP contribution in [0.4, 0.5) is 10.1 Å². The molecule has 0 aliphatic rings. The van der Waals surface area contributed by atoms with Crippen LogP contribution in [0.3, 0.4) is 0 Å². The van der Waals surface area contributed by atoms with Gasteiger partial charge in [-0.05, 0) is 34.5 Å². The van der Waals surface area contributed by atoms with Crippen LogP contribution in [-0.4, -0.2) is 19.8 Å². The van der Waals surface area contributed by atoms with Gasteiger partial charge in [0.1, 0.15) is 6.07 Å². The summed E-state index contributed by atoms with van der Waals surface area (Å²) in [4.78, 5) is 0. The first kappa shape index (κ1) is 13.9. The van der Waals surface area contributed by atoms with Gasteiger partial charge in [-0.2, -0.15) is 5.26 Å². The van der Waals surface area contributed by atoms with E-state index in [1.54, 1.807) is 19.2 Å². The van der Waals surface area contributed by atoms with E-state index in [1.165, 1.54) is 0 Å². The third-order valence-corrected chi connectivity index (χ3v) is 3.20. The molecule has 1 atom stereocenters. The first-order valence-corrected chi connectivity index (χ1v) is 6.06. The Morgan fingerprint density at radius 1 is 1.59 bits per heavy atom. The molecule has 0 saturated heterocycles. The summed E-state index contributed by atoms with van der Waals surface area (Å²) in [6.07, 6.45) is 0.824. The first-order valence-electron chi connectivity index (χ1n) is 5.27. The van der Waals surface area contributed by atoms with Gasteiger partial charge < -0.3 is 10.1 Å². The molecule has 0 saturated carbocycles. The maximum Gasteiger partial charge on any atom is 0.161 e. The molecule has 0 spiro atoms. The van der Waals surface area contributed by atoms with Crippen LogP contribution >= 0.6 is 15.9 Å². The van der Waals surface area contributed by atoms with Crippen molar-refractivity contribution in [2.45, 2.75) is 19.4 Å². The highest BCUT2D eigenvalue weighted by Crippen LogP contribution is 2.27. The van der Waals surface area contributed by atoms with Crippen molar-refractivity contribution >= 4 is 21.6 Å². The molecule has 0 aliphatic carbocycles. The molecule has 92 valence electrons. The van der Waals surface area contributed by atoms with Gasteiger partial charge in [-0.15, -0.1) is 0 Å². The number of nitrogens with zero attached hydrogens (tertiary/aromatic N) is 1. The molecule has 0 aromatic heterocycles. The summed E-state index contributed by atoms with van der Waals surface area (Å²) >= 11 is 3.07. The lowest BCUT2D eigenvalue weighted by molar-refractivity contribution is 0.184. The topological polar surface area (TPSA) is 45.0 Å². The normalized spacial score (nSPS) is 11.9. The molecule has 1 rings (SSSR count). The van der Waals surface area contributed by atoms with Gasteiger partial charge in [-0.3, -0.25) is 0 Å². The largest absolute Gasteiger partial charge is 0.383 e. The summed E-state index contributed by atoms with van der Waals surface area (Å²) in [5, 5.41) is 11.8. The number of halogens is 2. The molecule has 0 amide bonds. The van der Waals surface area contributed by atoms with E-state index in [2.05, 4.69) is 21.2 Å². The number of methoxy groups -OCH3 is 1. The minimum atomic E-state index is -0.446. The van der Waals surface area contributed by atoms with Crippen molar-refractivity contribution in [1.82, 2.24) is 0 Å².